The van der Waals surface area contributed by atoms with Crippen LogP contribution in [-0.2, 0) is 0 Å². The molecule has 4 rings (SSSR count). The average molecular weight is 376 g/mol. The zero-order valence-electron chi connectivity index (χ0n) is 19.1. The van der Waals surface area contributed by atoms with Gasteiger partial charge in [-0.25, -0.2) is 0 Å². The van der Waals surface area contributed by atoms with Gasteiger partial charge in [-0.3, -0.25) is 9.80 Å². The molecule has 4 fully saturated rings. The molecule has 3 heterocycles. The summed E-state index contributed by atoms with van der Waals surface area (Å²) in [6, 6.07) is 0. The van der Waals surface area contributed by atoms with Crippen LogP contribution < -0.4 is 0 Å². The van der Waals surface area contributed by atoms with Gasteiger partial charge in [0.2, 0.25) is 0 Å². The van der Waals surface area contributed by atoms with Gasteiger partial charge in [0.05, 0.1) is 0 Å². The Hall–Kier alpha value is -0.120. The molecule has 0 aromatic heterocycles. The van der Waals surface area contributed by atoms with E-state index >= 15 is 0 Å². The highest BCUT2D eigenvalue weighted by atomic mass is 15.2. The number of hydrogen-bond acceptors (Lipinski definition) is 3. The van der Waals surface area contributed by atoms with Crippen molar-refractivity contribution in [2.45, 2.75) is 91.1 Å². The molecular weight excluding hydrogens is 330 g/mol. The Bertz CT molecular complexity index is 461. The molecule has 0 bridgehead atoms. The first kappa shape index (κ1) is 20.2. The van der Waals surface area contributed by atoms with E-state index in [-0.39, 0.29) is 0 Å². The first-order valence-electron chi connectivity index (χ1n) is 11.7. The summed E-state index contributed by atoms with van der Waals surface area (Å²) < 4.78 is 0. The predicted molar refractivity (Wildman–Crippen MR) is 115 cm³/mol. The minimum absolute atomic E-state index is 0.355. The maximum atomic E-state index is 2.80. The van der Waals surface area contributed by atoms with Crippen LogP contribution in [0.2, 0.25) is 0 Å². The number of rotatable bonds is 2. The fourth-order valence-electron chi connectivity index (χ4n) is 6.72. The molecule has 3 nitrogen and oxygen atoms in total. The van der Waals surface area contributed by atoms with Crippen LogP contribution in [0.5, 0.6) is 0 Å². The van der Waals surface area contributed by atoms with Crippen LogP contribution in [0.15, 0.2) is 0 Å². The van der Waals surface area contributed by atoms with Crippen LogP contribution >= 0.6 is 0 Å². The van der Waals surface area contributed by atoms with E-state index in [2.05, 4.69) is 56.2 Å². The molecule has 0 atom stereocenters. The predicted octanol–water partition coefficient (Wildman–Crippen LogP) is 4.47. The van der Waals surface area contributed by atoms with Gasteiger partial charge in [0.1, 0.15) is 0 Å². The van der Waals surface area contributed by atoms with E-state index in [9.17, 15) is 0 Å². The number of nitrogens with zero attached hydrogens (tertiary/aromatic N) is 3. The average Bonchev–Trinajstić information content (AvgIpc) is 2.51. The van der Waals surface area contributed by atoms with Gasteiger partial charge in [-0.2, -0.15) is 0 Å². The van der Waals surface area contributed by atoms with Gasteiger partial charge in [0.15, 0.2) is 0 Å². The van der Waals surface area contributed by atoms with Crippen LogP contribution in [0, 0.1) is 16.7 Å². The quantitative estimate of drug-likeness (QED) is 0.705. The lowest BCUT2D eigenvalue weighted by Crippen LogP contribution is -2.63. The van der Waals surface area contributed by atoms with Gasteiger partial charge in [0, 0.05) is 30.7 Å². The van der Waals surface area contributed by atoms with E-state index in [1.165, 1.54) is 84.3 Å². The van der Waals surface area contributed by atoms with Crippen LogP contribution in [0.25, 0.3) is 0 Å². The Balaban J connectivity index is 1.16. The van der Waals surface area contributed by atoms with Crippen molar-refractivity contribution in [1.82, 2.24) is 14.7 Å². The van der Waals surface area contributed by atoms with Crippen molar-refractivity contribution in [1.29, 1.82) is 0 Å². The summed E-state index contributed by atoms with van der Waals surface area (Å²) in [5.74, 6) is 0.998. The van der Waals surface area contributed by atoms with Gasteiger partial charge < -0.3 is 4.90 Å². The standard InChI is InChI=1S/C24H45N3/c1-21(2,3)26-11-7-23(8-12-26)15-20(16-23)17-25-18-24(19-25)9-13-27(14-10-24)22(4,5)6/h20H,7-19H2,1-6H3. The topological polar surface area (TPSA) is 9.72 Å². The van der Waals surface area contributed by atoms with Crippen LogP contribution in [0.1, 0.15) is 80.1 Å². The highest BCUT2D eigenvalue weighted by Crippen LogP contribution is 2.54. The first-order valence-corrected chi connectivity index (χ1v) is 11.7. The van der Waals surface area contributed by atoms with Gasteiger partial charge in [-0.05, 0) is 123 Å². The molecule has 0 aromatic rings. The molecule has 27 heavy (non-hydrogen) atoms. The molecule has 1 saturated carbocycles. The first-order chi connectivity index (χ1) is 12.5. The summed E-state index contributed by atoms with van der Waals surface area (Å²) in [6.07, 6.45) is 8.80. The largest absolute Gasteiger partial charge is 0.302 e. The molecule has 0 amide bonds. The van der Waals surface area contributed by atoms with Crippen molar-refractivity contribution in [3.05, 3.63) is 0 Å². The van der Waals surface area contributed by atoms with Crippen molar-refractivity contribution in [2.75, 3.05) is 45.8 Å². The highest BCUT2D eigenvalue weighted by molar-refractivity contribution is 5.03. The van der Waals surface area contributed by atoms with Gasteiger partial charge in [0.25, 0.3) is 0 Å². The summed E-state index contributed by atoms with van der Waals surface area (Å²) in [5, 5.41) is 0. The van der Waals surface area contributed by atoms with Crippen molar-refractivity contribution < 1.29 is 0 Å². The zero-order valence-corrected chi connectivity index (χ0v) is 19.1. The lowest BCUT2D eigenvalue weighted by Gasteiger charge is -2.59. The molecule has 3 aliphatic heterocycles. The Kier molecular flexibility index (Phi) is 5.01. The van der Waals surface area contributed by atoms with Gasteiger partial charge in [-0.1, -0.05) is 0 Å². The third-order valence-electron chi connectivity index (χ3n) is 8.62. The Morgan fingerprint density at radius 3 is 1.48 bits per heavy atom. The van der Waals surface area contributed by atoms with Crippen molar-refractivity contribution in [3.8, 4) is 0 Å². The molecule has 1 aliphatic carbocycles. The summed E-state index contributed by atoms with van der Waals surface area (Å²) in [6.45, 7) is 23.7. The fourth-order valence-corrected chi connectivity index (χ4v) is 6.72. The fraction of sp³-hybridized carbons (Fsp3) is 1.00. The number of hydrogen-bond donors (Lipinski definition) is 0. The molecule has 0 unspecified atom stereocenters. The molecule has 0 N–H and O–H groups in total. The maximum Gasteiger partial charge on any atom is 0.0125 e. The number of piperidine rings is 2. The third-order valence-corrected chi connectivity index (χ3v) is 8.62. The van der Waals surface area contributed by atoms with E-state index in [1.54, 1.807) is 0 Å². The molecule has 3 heteroatoms. The molecular formula is C24H45N3. The summed E-state index contributed by atoms with van der Waals surface area (Å²) in [7, 11) is 0. The molecule has 4 aliphatic rings. The molecule has 0 aromatic carbocycles. The second-order valence-electron chi connectivity index (χ2n) is 12.8. The van der Waals surface area contributed by atoms with Gasteiger partial charge >= 0.3 is 0 Å². The lowest BCUT2D eigenvalue weighted by molar-refractivity contribution is -0.0943. The van der Waals surface area contributed by atoms with Crippen molar-refractivity contribution >= 4 is 0 Å². The SMILES string of the molecule is CC(C)(C)N1CCC2(CC1)CC(CN1CC3(CCN(C(C)(C)C)CC3)C1)C2. The van der Waals surface area contributed by atoms with Crippen molar-refractivity contribution in [3.63, 3.8) is 0 Å². The normalized spacial score (nSPS) is 30.4. The second-order valence-corrected chi connectivity index (χ2v) is 12.8. The summed E-state index contributed by atoms with van der Waals surface area (Å²) >= 11 is 0. The lowest BCUT2D eigenvalue weighted by atomic mass is 9.57. The Morgan fingerprint density at radius 1 is 0.667 bits per heavy atom. The second kappa shape index (κ2) is 6.71. The Morgan fingerprint density at radius 2 is 1.07 bits per heavy atom. The van der Waals surface area contributed by atoms with E-state index in [0.29, 0.717) is 16.5 Å². The minimum atomic E-state index is 0.355. The summed E-state index contributed by atoms with van der Waals surface area (Å²) in [5.41, 5.74) is 2.13. The monoisotopic (exact) mass is 375 g/mol. The van der Waals surface area contributed by atoms with Crippen LogP contribution in [0.4, 0.5) is 0 Å². The molecule has 0 radical (unpaired) electrons. The van der Waals surface area contributed by atoms with Crippen LogP contribution in [0.3, 0.4) is 0 Å². The molecule has 3 saturated heterocycles. The zero-order chi connectivity index (χ0) is 19.5. The van der Waals surface area contributed by atoms with Crippen molar-refractivity contribution in [2.24, 2.45) is 16.7 Å². The molecule has 156 valence electrons. The van der Waals surface area contributed by atoms with E-state index < -0.39 is 0 Å². The maximum absolute atomic E-state index is 2.80. The van der Waals surface area contributed by atoms with Crippen LogP contribution in [-0.4, -0.2) is 71.6 Å². The highest BCUT2D eigenvalue weighted by Gasteiger charge is 2.50. The van der Waals surface area contributed by atoms with E-state index in [0.717, 1.165) is 11.3 Å². The molecule has 2 spiro atoms. The number of likely N-dealkylation sites (tertiary alicyclic amines) is 3. The summed E-state index contributed by atoms with van der Waals surface area (Å²) in [4.78, 5) is 8.20. The smallest absolute Gasteiger partial charge is 0.0125 e. The third kappa shape index (κ3) is 4.12. The van der Waals surface area contributed by atoms with E-state index in [4.69, 9.17) is 0 Å². The van der Waals surface area contributed by atoms with Gasteiger partial charge in [-0.15, -0.1) is 0 Å². The van der Waals surface area contributed by atoms with E-state index in [1.807, 2.05) is 0 Å². The Labute approximate surface area is 168 Å². The minimum Gasteiger partial charge on any atom is -0.302 e.